The lowest BCUT2D eigenvalue weighted by Gasteiger charge is -2.13. The monoisotopic (exact) mass is 290 g/mol. The summed E-state index contributed by atoms with van der Waals surface area (Å²) >= 11 is 0. The van der Waals surface area contributed by atoms with E-state index in [1.807, 2.05) is 6.07 Å². The molecule has 0 aliphatic rings. The van der Waals surface area contributed by atoms with Crippen LogP contribution in [-0.4, -0.2) is 28.2 Å². The average Bonchev–Trinajstić information content (AvgIpc) is 3.09. The minimum Gasteiger partial charge on any atom is -0.443 e. The normalized spacial score (nSPS) is 12.5. The summed E-state index contributed by atoms with van der Waals surface area (Å²) in [6.45, 7) is 7.39. The fourth-order valence-electron chi connectivity index (χ4n) is 1.68. The smallest absolute Gasteiger partial charge is 0.213 e. The topological polar surface area (TPSA) is 91.1 Å². The molecule has 0 aliphatic carbocycles. The lowest BCUT2D eigenvalue weighted by Crippen LogP contribution is -2.36. The number of oxazole rings is 1. The molecule has 0 aromatic carbocycles. The van der Waals surface area contributed by atoms with Crippen molar-refractivity contribution in [2.45, 2.75) is 39.3 Å². The molecule has 7 nitrogen and oxygen atoms in total. The molecule has 0 bridgehead atoms. The van der Waals surface area contributed by atoms with Gasteiger partial charge >= 0.3 is 0 Å². The Morgan fingerprint density at radius 2 is 2.10 bits per heavy atom. The van der Waals surface area contributed by atoms with E-state index in [0.717, 1.165) is 11.5 Å². The third kappa shape index (κ3) is 4.34. The van der Waals surface area contributed by atoms with Crippen LogP contribution in [0.3, 0.4) is 0 Å². The molecule has 2 aromatic rings. The van der Waals surface area contributed by atoms with Crippen LogP contribution in [0.1, 0.15) is 38.1 Å². The molecule has 7 heteroatoms. The first-order chi connectivity index (χ1) is 9.99. The lowest BCUT2D eigenvalue weighted by molar-refractivity contribution is 0.379. The van der Waals surface area contributed by atoms with E-state index in [2.05, 4.69) is 51.6 Å². The van der Waals surface area contributed by atoms with Gasteiger partial charge in [-0.1, -0.05) is 20.8 Å². The minimum atomic E-state index is -0.0359. The van der Waals surface area contributed by atoms with Crippen LogP contribution in [0.4, 0.5) is 0 Å². The number of nitrogens with one attached hydrogen (secondary N) is 3. The van der Waals surface area contributed by atoms with Crippen molar-refractivity contribution >= 4 is 5.96 Å². The molecule has 0 aliphatic heterocycles. The van der Waals surface area contributed by atoms with E-state index >= 15 is 0 Å². The second-order valence-corrected chi connectivity index (χ2v) is 5.73. The average molecular weight is 290 g/mol. The molecule has 3 N–H and O–H groups in total. The Morgan fingerprint density at radius 3 is 2.67 bits per heavy atom. The van der Waals surface area contributed by atoms with E-state index < -0.39 is 0 Å². The number of hydrogen-bond acceptors (Lipinski definition) is 4. The predicted octanol–water partition coefficient (Wildman–Crippen LogP) is 1.56. The molecule has 0 saturated heterocycles. The van der Waals surface area contributed by atoms with Crippen LogP contribution in [0.5, 0.6) is 0 Å². The number of aromatic amines is 1. The van der Waals surface area contributed by atoms with Gasteiger partial charge in [0.25, 0.3) is 0 Å². The van der Waals surface area contributed by atoms with Crippen LogP contribution < -0.4 is 10.6 Å². The standard InChI is InChI=1S/C14H22N6O/c1-14(2,3)11-8-16-12(21-11)9-18-13(15-4)17-7-10-5-6-19-20-10/h5-6,8H,7,9H2,1-4H3,(H,19,20)(H2,15,17,18). The molecular weight excluding hydrogens is 268 g/mol. The van der Waals surface area contributed by atoms with E-state index in [1.165, 1.54) is 0 Å². The second kappa shape index (κ2) is 6.43. The number of H-pyrrole nitrogens is 1. The van der Waals surface area contributed by atoms with Crippen LogP contribution in [0.25, 0.3) is 0 Å². The highest BCUT2D eigenvalue weighted by atomic mass is 16.4. The Balaban J connectivity index is 1.84. The van der Waals surface area contributed by atoms with Gasteiger partial charge in [0.05, 0.1) is 25.0 Å². The predicted molar refractivity (Wildman–Crippen MR) is 80.8 cm³/mol. The third-order valence-electron chi connectivity index (χ3n) is 2.93. The Hall–Kier alpha value is -2.31. The van der Waals surface area contributed by atoms with E-state index in [-0.39, 0.29) is 5.41 Å². The fraction of sp³-hybridized carbons (Fsp3) is 0.500. The van der Waals surface area contributed by atoms with Gasteiger partial charge in [-0.3, -0.25) is 10.1 Å². The van der Waals surface area contributed by atoms with Crippen molar-refractivity contribution in [1.82, 2.24) is 25.8 Å². The van der Waals surface area contributed by atoms with Gasteiger partial charge in [-0.2, -0.15) is 5.10 Å². The zero-order valence-corrected chi connectivity index (χ0v) is 12.9. The lowest BCUT2D eigenvalue weighted by atomic mass is 9.94. The van der Waals surface area contributed by atoms with Crippen LogP contribution >= 0.6 is 0 Å². The quantitative estimate of drug-likeness (QED) is 0.587. The summed E-state index contributed by atoms with van der Waals surface area (Å²) in [4.78, 5) is 8.42. The first-order valence-electron chi connectivity index (χ1n) is 6.87. The Labute approximate surface area is 124 Å². The van der Waals surface area contributed by atoms with Crippen LogP contribution in [-0.2, 0) is 18.5 Å². The number of guanidine groups is 1. The minimum absolute atomic E-state index is 0.0359. The fourth-order valence-corrected chi connectivity index (χ4v) is 1.68. The van der Waals surface area contributed by atoms with Crippen LogP contribution in [0.2, 0.25) is 0 Å². The number of aliphatic imine (C=N–C) groups is 1. The van der Waals surface area contributed by atoms with E-state index in [9.17, 15) is 0 Å². The molecule has 114 valence electrons. The number of aromatic nitrogens is 3. The number of rotatable bonds is 4. The van der Waals surface area contributed by atoms with Crippen molar-refractivity contribution in [1.29, 1.82) is 0 Å². The van der Waals surface area contributed by atoms with Gasteiger partial charge in [0, 0.05) is 18.7 Å². The maximum absolute atomic E-state index is 5.72. The summed E-state index contributed by atoms with van der Waals surface area (Å²) in [6, 6.07) is 1.91. The highest BCUT2D eigenvalue weighted by Crippen LogP contribution is 2.22. The molecule has 2 aromatic heterocycles. The SMILES string of the molecule is CN=C(NCc1ccn[nH]1)NCc1ncc(C(C)(C)C)o1. The molecule has 2 rings (SSSR count). The van der Waals surface area contributed by atoms with E-state index in [0.29, 0.717) is 24.9 Å². The van der Waals surface area contributed by atoms with Crippen molar-refractivity contribution in [3.8, 4) is 0 Å². The first kappa shape index (κ1) is 15.1. The summed E-state index contributed by atoms with van der Waals surface area (Å²) in [5.74, 6) is 2.20. The Morgan fingerprint density at radius 1 is 1.33 bits per heavy atom. The highest BCUT2D eigenvalue weighted by Gasteiger charge is 2.19. The zero-order chi connectivity index (χ0) is 15.3. The Kier molecular flexibility index (Phi) is 4.62. The maximum atomic E-state index is 5.72. The molecule has 2 heterocycles. The van der Waals surface area contributed by atoms with Crippen molar-refractivity contribution < 1.29 is 4.42 Å². The van der Waals surface area contributed by atoms with Gasteiger partial charge in [-0.15, -0.1) is 0 Å². The molecule has 0 spiro atoms. The molecular formula is C14H22N6O. The molecule has 0 atom stereocenters. The molecule has 0 saturated carbocycles. The van der Waals surface area contributed by atoms with Gasteiger partial charge in [-0.25, -0.2) is 4.98 Å². The molecule has 0 radical (unpaired) electrons. The first-order valence-corrected chi connectivity index (χ1v) is 6.87. The van der Waals surface area contributed by atoms with Gasteiger partial charge < -0.3 is 15.1 Å². The van der Waals surface area contributed by atoms with Crippen molar-refractivity contribution in [3.05, 3.63) is 35.8 Å². The van der Waals surface area contributed by atoms with Crippen LogP contribution in [0, 0.1) is 0 Å². The molecule has 21 heavy (non-hydrogen) atoms. The molecule has 0 unspecified atom stereocenters. The summed E-state index contributed by atoms with van der Waals surface area (Å²) in [5.41, 5.74) is 0.954. The Bertz CT molecular complexity index is 579. The largest absolute Gasteiger partial charge is 0.443 e. The van der Waals surface area contributed by atoms with Crippen molar-refractivity contribution in [2.24, 2.45) is 4.99 Å². The van der Waals surface area contributed by atoms with Gasteiger partial charge in [0.2, 0.25) is 5.89 Å². The van der Waals surface area contributed by atoms with E-state index in [1.54, 1.807) is 19.4 Å². The summed E-state index contributed by atoms with van der Waals surface area (Å²) in [7, 11) is 1.72. The van der Waals surface area contributed by atoms with E-state index in [4.69, 9.17) is 4.42 Å². The summed E-state index contributed by atoms with van der Waals surface area (Å²) in [6.07, 6.45) is 3.49. The summed E-state index contributed by atoms with van der Waals surface area (Å²) < 4.78 is 5.72. The van der Waals surface area contributed by atoms with Gasteiger partial charge in [0.15, 0.2) is 5.96 Å². The third-order valence-corrected chi connectivity index (χ3v) is 2.93. The number of hydrogen-bond donors (Lipinski definition) is 3. The highest BCUT2D eigenvalue weighted by molar-refractivity contribution is 5.79. The maximum Gasteiger partial charge on any atom is 0.213 e. The van der Waals surface area contributed by atoms with Gasteiger partial charge in [-0.05, 0) is 6.07 Å². The van der Waals surface area contributed by atoms with Crippen molar-refractivity contribution in [2.75, 3.05) is 7.05 Å². The summed E-state index contributed by atoms with van der Waals surface area (Å²) in [5, 5.41) is 13.1. The van der Waals surface area contributed by atoms with Crippen molar-refractivity contribution in [3.63, 3.8) is 0 Å². The second-order valence-electron chi connectivity index (χ2n) is 5.73. The number of nitrogens with zero attached hydrogens (tertiary/aromatic N) is 3. The van der Waals surface area contributed by atoms with Gasteiger partial charge in [0.1, 0.15) is 5.76 Å². The van der Waals surface area contributed by atoms with Crippen LogP contribution in [0.15, 0.2) is 27.9 Å². The molecule has 0 amide bonds. The zero-order valence-electron chi connectivity index (χ0n) is 12.9. The molecule has 0 fully saturated rings.